The molecule has 0 radical (unpaired) electrons. The average molecular weight is 472 g/mol. The normalized spacial score (nSPS) is 21.4. The number of carbonyl (C=O) groups excluding carboxylic acids is 1. The van der Waals surface area contributed by atoms with Gasteiger partial charge < -0.3 is 24.3 Å². The van der Waals surface area contributed by atoms with Crippen molar-refractivity contribution in [2.24, 2.45) is 11.8 Å². The number of nitrogens with one attached hydrogen (secondary N) is 1. The molecule has 1 aromatic heterocycles. The van der Waals surface area contributed by atoms with Crippen molar-refractivity contribution < 1.29 is 28.6 Å². The predicted octanol–water partition coefficient (Wildman–Crippen LogP) is 3.76. The van der Waals surface area contributed by atoms with Gasteiger partial charge in [0.25, 0.3) is 0 Å². The van der Waals surface area contributed by atoms with Crippen molar-refractivity contribution in [1.82, 2.24) is 5.32 Å². The number of methoxy groups -OCH3 is 1. The van der Waals surface area contributed by atoms with Gasteiger partial charge in [-0.15, -0.1) is 0 Å². The summed E-state index contributed by atoms with van der Waals surface area (Å²) in [5.41, 5.74) is 1.46. The first-order valence-corrected chi connectivity index (χ1v) is 11.9. The second-order valence-corrected chi connectivity index (χ2v) is 10.2. The molecule has 2 aliphatic rings. The molecule has 0 unspecified atom stereocenters. The number of benzene rings is 1. The van der Waals surface area contributed by atoms with E-state index in [0.717, 1.165) is 31.2 Å². The minimum absolute atomic E-state index is 0.0850. The van der Waals surface area contributed by atoms with Crippen LogP contribution in [0.1, 0.15) is 62.6 Å². The van der Waals surface area contributed by atoms with Crippen LogP contribution in [0.15, 0.2) is 15.3 Å². The Kier molecular flexibility index (Phi) is 6.60. The second-order valence-electron chi connectivity index (χ2n) is 10.2. The number of ether oxygens (including phenoxy) is 2. The molecule has 34 heavy (non-hydrogen) atoms. The number of fused-ring (bicyclic) bond motifs is 3. The van der Waals surface area contributed by atoms with Gasteiger partial charge in [-0.1, -0.05) is 0 Å². The quantitative estimate of drug-likeness (QED) is 0.616. The molecular formula is C26H33NO7. The number of carboxylic acids is 1. The minimum atomic E-state index is -0.743. The highest BCUT2D eigenvalue weighted by molar-refractivity contribution is 5.93. The van der Waals surface area contributed by atoms with Gasteiger partial charge in [-0.2, -0.15) is 0 Å². The molecule has 2 aromatic rings. The van der Waals surface area contributed by atoms with Crippen LogP contribution in [-0.4, -0.2) is 36.2 Å². The van der Waals surface area contributed by atoms with Crippen molar-refractivity contribution in [3.05, 3.63) is 33.2 Å². The highest BCUT2D eigenvalue weighted by Gasteiger charge is 2.31. The first kappa shape index (κ1) is 24.1. The smallest absolute Gasteiger partial charge is 0.340 e. The third-order valence-corrected chi connectivity index (χ3v) is 7.28. The molecule has 2 N–H and O–H groups in total. The lowest BCUT2D eigenvalue weighted by atomic mass is 9.82. The first-order valence-electron chi connectivity index (χ1n) is 11.9. The number of hydrogen-bond donors (Lipinski definition) is 2. The van der Waals surface area contributed by atoms with Gasteiger partial charge in [0.1, 0.15) is 22.7 Å². The van der Waals surface area contributed by atoms with Crippen LogP contribution in [0, 0.1) is 18.8 Å². The van der Waals surface area contributed by atoms with Gasteiger partial charge in [0, 0.05) is 18.2 Å². The SMILES string of the molecule is COc1cc2c(c3oc(=O)c(CC(=O)NCC4CCC(C(=O)O)CC4)c(C)c13)CCC(C)(C)O2. The molecule has 2 heterocycles. The standard InChI is InChI=1S/C26H33NO7/c1-14-18(11-21(28)27-13-15-5-7-16(8-6-15)24(29)30)25(31)33-23-17-9-10-26(2,3)34-19(17)12-20(32-4)22(14)23/h12,15-16H,5-11,13H2,1-4H3,(H,27,28)(H,29,30). The van der Waals surface area contributed by atoms with Crippen LogP contribution in [0.3, 0.4) is 0 Å². The monoisotopic (exact) mass is 471 g/mol. The number of aliphatic carboxylic acids is 1. The molecule has 1 amide bonds. The van der Waals surface area contributed by atoms with E-state index in [4.69, 9.17) is 19.0 Å². The van der Waals surface area contributed by atoms with E-state index in [0.29, 0.717) is 53.0 Å². The van der Waals surface area contributed by atoms with Crippen molar-refractivity contribution in [2.75, 3.05) is 13.7 Å². The predicted molar refractivity (Wildman–Crippen MR) is 127 cm³/mol. The maximum atomic E-state index is 12.9. The summed E-state index contributed by atoms with van der Waals surface area (Å²) in [7, 11) is 1.56. The number of carbonyl (C=O) groups is 2. The molecule has 1 fully saturated rings. The lowest BCUT2D eigenvalue weighted by molar-refractivity contribution is -0.143. The van der Waals surface area contributed by atoms with E-state index < -0.39 is 11.6 Å². The Bertz CT molecular complexity index is 1170. The fraction of sp³-hybridized carbons (Fsp3) is 0.577. The number of rotatable bonds is 6. The molecule has 0 spiro atoms. The minimum Gasteiger partial charge on any atom is -0.496 e. The van der Waals surface area contributed by atoms with Gasteiger partial charge in [-0.25, -0.2) is 4.79 Å². The van der Waals surface area contributed by atoms with Crippen molar-refractivity contribution >= 4 is 22.8 Å². The van der Waals surface area contributed by atoms with Crippen LogP contribution in [-0.2, 0) is 22.4 Å². The number of aryl methyl sites for hydroxylation is 2. The first-order chi connectivity index (χ1) is 16.1. The van der Waals surface area contributed by atoms with Crippen LogP contribution in [0.2, 0.25) is 0 Å². The summed E-state index contributed by atoms with van der Waals surface area (Å²) in [6, 6.07) is 1.84. The van der Waals surface area contributed by atoms with Gasteiger partial charge in [-0.3, -0.25) is 9.59 Å². The fourth-order valence-electron chi connectivity index (χ4n) is 5.14. The van der Waals surface area contributed by atoms with Gasteiger partial charge in [-0.05, 0) is 70.8 Å². The van der Waals surface area contributed by atoms with Crippen LogP contribution in [0.5, 0.6) is 11.5 Å². The zero-order chi connectivity index (χ0) is 24.6. The summed E-state index contributed by atoms with van der Waals surface area (Å²) in [6.07, 6.45) is 4.24. The van der Waals surface area contributed by atoms with E-state index in [1.54, 1.807) is 7.11 Å². The Morgan fingerprint density at radius 1 is 1.24 bits per heavy atom. The molecule has 0 saturated heterocycles. The summed E-state index contributed by atoms with van der Waals surface area (Å²) in [4.78, 5) is 36.7. The summed E-state index contributed by atoms with van der Waals surface area (Å²) in [5, 5.41) is 12.7. The van der Waals surface area contributed by atoms with Crippen LogP contribution < -0.4 is 20.4 Å². The molecule has 1 saturated carbocycles. The van der Waals surface area contributed by atoms with Crippen LogP contribution in [0.4, 0.5) is 0 Å². The van der Waals surface area contributed by atoms with Crippen LogP contribution in [0.25, 0.3) is 11.0 Å². The number of hydrogen-bond acceptors (Lipinski definition) is 6. The summed E-state index contributed by atoms with van der Waals surface area (Å²) < 4.78 is 17.5. The van der Waals surface area contributed by atoms with Crippen LogP contribution >= 0.6 is 0 Å². The molecule has 8 heteroatoms. The third kappa shape index (κ3) is 4.76. The molecule has 1 aromatic carbocycles. The third-order valence-electron chi connectivity index (χ3n) is 7.28. The Labute approximate surface area is 198 Å². The molecule has 1 aliphatic carbocycles. The molecule has 1 aliphatic heterocycles. The molecule has 184 valence electrons. The Morgan fingerprint density at radius 3 is 2.59 bits per heavy atom. The second kappa shape index (κ2) is 9.31. The lowest BCUT2D eigenvalue weighted by Crippen LogP contribution is -2.34. The average Bonchev–Trinajstić information content (AvgIpc) is 2.79. The maximum Gasteiger partial charge on any atom is 0.340 e. The summed E-state index contributed by atoms with van der Waals surface area (Å²) in [5.74, 6) is 0.180. The molecule has 0 bridgehead atoms. The fourth-order valence-corrected chi connectivity index (χ4v) is 5.14. The lowest BCUT2D eigenvalue weighted by Gasteiger charge is -2.33. The van der Waals surface area contributed by atoms with Gasteiger partial charge in [0.15, 0.2) is 0 Å². The van der Waals surface area contributed by atoms with E-state index >= 15 is 0 Å². The highest BCUT2D eigenvalue weighted by atomic mass is 16.5. The van der Waals surface area contributed by atoms with E-state index in [1.807, 2.05) is 26.8 Å². The van der Waals surface area contributed by atoms with Crippen molar-refractivity contribution in [2.45, 2.75) is 71.3 Å². The Hall–Kier alpha value is -3.03. The van der Waals surface area contributed by atoms with Gasteiger partial charge >= 0.3 is 11.6 Å². The van der Waals surface area contributed by atoms with E-state index in [2.05, 4.69) is 5.32 Å². The molecule has 4 rings (SSSR count). The van der Waals surface area contributed by atoms with Crippen molar-refractivity contribution in [3.8, 4) is 11.5 Å². The maximum absolute atomic E-state index is 12.9. The number of amides is 1. The zero-order valence-electron chi connectivity index (χ0n) is 20.3. The number of carboxylic acid groups (broad SMARTS) is 1. The van der Waals surface area contributed by atoms with E-state index in [9.17, 15) is 14.4 Å². The van der Waals surface area contributed by atoms with Crippen molar-refractivity contribution in [3.63, 3.8) is 0 Å². The highest BCUT2D eigenvalue weighted by Crippen LogP contribution is 2.43. The van der Waals surface area contributed by atoms with Gasteiger partial charge in [0.05, 0.1) is 30.4 Å². The van der Waals surface area contributed by atoms with Gasteiger partial charge in [0.2, 0.25) is 5.91 Å². The Morgan fingerprint density at radius 2 is 1.94 bits per heavy atom. The summed E-state index contributed by atoms with van der Waals surface area (Å²) >= 11 is 0. The van der Waals surface area contributed by atoms with E-state index in [-0.39, 0.29) is 29.8 Å². The van der Waals surface area contributed by atoms with E-state index in [1.165, 1.54) is 0 Å². The topological polar surface area (TPSA) is 115 Å². The van der Waals surface area contributed by atoms with Crippen molar-refractivity contribution in [1.29, 1.82) is 0 Å². The molecular weight excluding hydrogens is 438 g/mol. The Balaban J connectivity index is 1.54. The molecule has 0 atom stereocenters. The molecule has 8 nitrogen and oxygen atoms in total. The zero-order valence-corrected chi connectivity index (χ0v) is 20.3. The summed E-state index contributed by atoms with van der Waals surface area (Å²) in [6.45, 7) is 6.34. The largest absolute Gasteiger partial charge is 0.496 e.